The third kappa shape index (κ3) is 4.45. The SMILES string of the molecule is CN(C)c1ccc(C(=O)OCC(=O)c2ccc(N3CCCC3=O)cc2)cc1[N+](=O)[O-]. The monoisotopic (exact) mass is 411 g/mol. The number of benzene rings is 2. The highest BCUT2D eigenvalue weighted by Crippen LogP contribution is 2.28. The van der Waals surface area contributed by atoms with Gasteiger partial charge >= 0.3 is 5.97 Å². The second kappa shape index (κ2) is 8.73. The van der Waals surface area contributed by atoms with Crippen molar-refractivity contribution in [2.24, 2.45) is 0 Å². The molecule has 30 heavy (non-hydrogen) atoms. The predicted octanol–water partition coefficient (Wildman–Crippen LogP) is 2.83. The summed E-state index contributed by atoms with van der Waals surface area (Å²) in [5, 5.41) is 11.2. The average molecular weight is 411 g/mol. The number of nitro groups is 1. The summed E-state index contributed by atoms with van der Waals surface area (Å²) in [7, 11) is 3.31. The number of Topliss-reactive ketones (excluding diaryl/α,β-unsaturated/α-hetero) is 1. The molecule has 3 rings (SSSR count). The number of nitro benzene ring substituents is 1. The lowest BCUT2D eigenvalue weighted by molar-refractivity contribution is -0.384. The molecular weight excluding hydrogens is 390 g/mol. The van der Waals surface area contributed by atoms with Gasteiger partial charge in [-0.3, -0.25) is 19.7 Å². The van der Waals surface area contributed by atoms with E-state index in [0.29, 0.717) is 24.2 Å². The summed E-state index contributed by atoms with van der Waals surface area (Å²) in [4.78, 5) is 50.3. The van der Waals surface area contributed by atoms with E-state index in [2.05, 4.69) is 0 Å². The van der Waals surface area contributed by atoms with Crippen LogP contribution in [0.3, 0.4) is 0 Å². The highest BCUT2D eigenvalue weighted by molar-refractivity contribution is 6.00. The lowest BCUT2D eigenvalue weighted by Gasteiger charge is -2.15. The van der Waals surface area contributed by atoms with Crippen LogP contribution in [0.2, 0.25) is 0 Å². The quantitative estimate of drug-likeness (QED) is 0.298. The molecule has 1 aliphatic heterocycles. The zero-order chi connectivity index (χ0) is 21.8. The van der Waals surface area contributed by atoms with E-state index in [-0.39, 0.29) is 17.2 Å². The second-order valence-corrected chi connectivity index (χ2v) is 7.05. The fourth-order valence-electron chi connectivity index (χ4n) is 3.22. The summed E-state index contributed by atoms with van der Waals surface area (Å²) in [6.07, 6.45) is 1.33. The van der Waals surface area contributed by atoms with E-state index in [1.807, 2.05) is 0 Å². The lowest BCUT2D eigenvalue weighted by Crippen LogP contribution is -2.23. The first-order valence-corrected chi connectivity index (χ1v) is 9.34. The summed E-state index contributed by atoms with van der Waals surface area (Å²) in [5.74, 6) is -1.18. The van der Waals surface area contributed by atoms with Crippen molar-refractivity contribution in [2.45, 2.75) is 12.8 Å². The van der Waals surface area contributed by atoms with Crippen LogP contribution in [0.25, 0.3) is 0 Å². The fraction of sp³-hybridized carbons (Fsp3) is 0.286. The Morgan fingerprint density at radius 1 is 1.13 bits per heavy atom. The summed E-state index contributed by atoms with van der Waals surface area (Å²) in [6.45, 7) is 0.159. The van der Waals surface area contributed by atoms with Gasteiger partial charge in [0.25, 0.3) is 5.69 Å². The van der Waals surface area contributed by atoms with Crippen LogP contribution in [0.4, 0.5) is 17.1 Å². The van der Waals surface area contributed by atoms with E-state index in [1.54, 1.807) is 48.2 Å². The molecule has 2 aromatic carbocycles. The number of esters is 1. The number of nitrogens with zero attached hydrogens (tertiary/aromatic N) is 3. The van der Waals surface area contributed by atoms with E-state index >= 15 is 0 Å². The van der Waals surface area contributed by atoms with Crippen molar-refractivity contribution >= 4 is 34.7 Å². The highest BCUT2D eigenvalue weighted by Gasteiger charge is 2.22. The Bertz CT molecular complexity index is 1000. The molecular formula is C21H21N3O6. The number of carbonyl (C=O) groups is 3. The number of ketones is 1. The van der Waals surface area contributed by atoms with Crippen LogP contribution in [0.15, 0.2) is 42.5 Å². The third-order valence-corrected chi connectivity index (χ3v) is 4.80. The molecule has 0 N–H and O–H groups in total. The Hall–Kier alpha value is -3.75. The first-order valence-electron chi connectivity index (χ1n) is 9.34. The smallest absolute Gasteiger partial charge is 0.338 e. The Morgan fingerprint density at radius 2 is 1.80 bits per heavy atom. The van der Waals surface area contributed by atoms with Gasteiger partial charge in [-0.05, 0) is 42.8 Å². The van der Waals surface area contributed by atoms with Crippen molar-refractivity contribution in [1.29, 1.82) is 0 Å². The fourth-order valence-corrected chi connectivity index (χ4v) is 3.22. The van der Waals surface area contributed by atoms with E-state index < -0.39 is 23.3 Å². The molecule has 1 aliphatic rings. The van der Waals surface area contributed by atoms with Gasteiger partial charge in [0.1, 0.15) is 5.69 Å². The number of anilines is 2. The van der Waals surface area contributed by atoms with Gasteiger partial charge in [-0.15, -0.1) is 0 Å². The number of hydrogen-bond acceptors (Lipinski definition) is 7. The van der Waals surface area contributed by atoms with Crippen LogP contribution < -0.4 is 9.80 Å². The normalized spacial score (nSPS) is 13.3. The van der Waals surface area contributed by atoms with Crippen LogP contribution >= 0.6 is 0 Å². The Labute approximate surface area is 173 Å². The van der Waals surface area contributed by atoms with Gasteiger partial charge in [0.15, 0.2) is 12.4 Å². The molecule has 0 unspecified atom stereocenters. The maximum Gasteiger partial charge on any atom is 0.338 e. The number of rotatable bonds is 7. The van der Waals surface area contributed by atoms with Gasteiger partial charge in [0.2, 0.25) is 5.91 Å². The third-order valence-electron chi connectivity index (χ3n) is 4.80. The van der Waals surface area contributed by atoms with Gasteiger partial charge in [0, 0.05) is 44.4 Å². The van der Waals surface area contributed by atoms with Crippen LogP contribution in [0.1, 0.15) is 33.6 Å². The van der Waals surface area contributed by atoms with Crippen LogP contribution in [-0.2, 0) is 9.53 Å². The standard InChI is InChI=1S/C21H21N3O6/c1-22(2)17-10-7-15(12-18(17)24(28)29)21(27)30-13-19(25)14-5-8-16(9-6-14)23-11-3-4-20(23)26/h5-10,12H,3-4,11,13H2,1-2H3. The van der Waals surface area contributed by atoms with Crippen molar-refractivity contribution in [1.82, 2.24) is 0 Å². The minimum Gasteiger partial charge on any atom is -0.454 e. The molecule has 1 saturated heterocycles. The summed E-state index contributed by atoms with van der Waals surface area (Å²) >= 11 is 0. The van der Waals surface area contributed by atoms with Crippen molar-refractivity contribution in [3.05, 3.63) is 63.7 Å². The molecule has 0 atom stereocenters. The molecule has 9 heteroatoms. The molecule has 156 valence electrons. The molecule has 1 fully saturated rings. The maximum atomic E-state index is 12.3. The Morgan fingerprint density at radius 3 is 2.37 bits per heavy atom. The van der Waals surface area contributed by atoms with E-state index in [4.69, 9.17) is 4.74 Å². The first-order chi connectivity index (χ1) is 14.3. The molecule has 0 aliphatic carbocycles. The van der Waals surface area contributed by atoms with Gasteiger partial charge in [0.05, 0.1) is 10.5 Å². The molecule has 2 aromatic rings. The molecule has 0 saturated carbocycles. The van der Waals surface area contributed by atoms with Crippen LogP contribution in [0, 0.1) is 10.1 Å². The summed E-state index contributed by atoms with van der Waals surface area (Å²) in [5.41, 5.74) is 1.17. The zero-order valence-electron chi connectivity index (χ0n) is 16.7. The molecule has 1 heterocycles. The number of ether oxygens (including phenoxy) is 1. The molecule has 9 nitrogen and oxygen atoms in total. The number of hydrogen-bond donors (Lipinski definition) is 0. The van der Waals surface area contributed by atoms with Gasteiger partial charge < -0.3 is 14.5 Å². The molecule has 0 aromatic heterocycles. The van der Waals surface area contributed by atoms with Crippen molar-refractivity contribution in [3.63, 3.8) is 0 Å². The minimum atomic E-state index is -0.823. The maximum absolute atomic E-state index is 12.3. The Kier molecular flexibility index (Phi) is 6.10. The molecule has 1 amide bonds. The van der Waals surface area contributed by atoms with Crippen LogP contribution in [0.5, 0.6) is 0 Å². The molecule has 0 bridgehead atoms. The van der Waals surface area contributed by atoms with Crippen molar-refractivity contribution in [3.8, 4) is 0 Å². The number of amides is 1. The molecule has 0 radical (unpaired) electrons. The van der Waals surface area contributed by atoms with Crippen molar-refractivity contribution < 1.29 is 24.0 Å². The van der Waals surface area contributed by atoms with Crippen LogP contribution in [-0.4, -0.2) is 49.8 Å². The summed E-state index contributed by atoms with van der Waals surface area (Å²) < 4.78 is 5.04. The number of carbonyl (C=O) groups excluding carboxylic acids is 3. The van der Waals surface area contributed by atoms with Crippen molar-refractivity contribution in [2.75, 3.05) is 37.0 Å². The van der Waals surface area contributed by atoms with E-state index in [0.717, 1.165) is 18.2 Å². The largest absolute Gasteiger partial charge is 0.454 e. The molecule has 0 spiro atoms. The topological polar surface area (TPSA) is 110 Å². The lowest BCUT2D eigenvalue weighted by atomic mass is 10.1. The van der Waals surface area contributed by atoms with E-state index in [1.165, 1.54) is 12.1 Å². The highest BCUT2D eigenvalue weighted by atomic mass is 16.6. The second-order valence-electron chi connectivity index (χ2n) is 7.05. The minimum absolute atomic E-state index is 0.0111. The summed E-state index contributed by atoms with van der Waals surface area (Å²) in [6, 6.07) is 10.5. The average Bonchev–Trinajstić information content (AvgIpc) is 3.17. The predicted molar refractivity (Wildman–Crippen MR) is 110 cm³/mol. The Balaban J connectivity index is 1.64. The zero-order valence-corrected chi connectivity index (χ0v) is 16.7. The van der Waals surface area contributed by atoms with E-state index in [9.17, 15) is 24.5 Å². The first kappa shape index (κ1) is 21.0. The van der Waals surface area contributed by atoms with Gasteiger partial charge in [-0.25, -0.2) is 4.79 Å². The van der Waals surface area contributed by atoms with Gasteiger partial charge in [-0.2, -0.15) is 0 Å². The van der Waals surface area contributed by atoms with Gasteiger partial charge in [-0.1, -0.05) is 0 Å².